The van der Waals surface area contributed by atoms with Crippen molar-refractivity contribution in [3.8, 4) is 16.9 Å². The number of likely N-dealkylation sites (tertiary alicyclic amines) is 1. The molecule has 3 N–H and O–H groups in total. The number of urea groups is 1. The Morgan fingerprint density at radius 1 is 1.00 bits per heavy atom. The molecule has 216 valence electrons. The van der Waals surface area contributed by atoms with Crippen LogP contribution in [0.15, 0.2) is 37.1 Å². The predicted molar refractivity (Wildman–Crippen MR) is 159 cm³/mol. The molecule has 13 heteroatoms. The molecule has 2 fully saturated rings. The maximum Gasteiger partial charge on any atom is 0.321 e. The fourth-order valence-corrected chi connectivity index (χ4v) is 5.18. The molecule has 2 aliphatic rings. The van der Waals surface area contributed by atoms with Gasteiger partial charge in [-0.05, 0) is 38.9 Å². The summed E-state index contributed by atoms with van der Waals surface area (Å²) >= 11 is 0. The van der Waals surface area contributed by atoms with Crippen molar-refractivity contribution in [2.45, 2.75) is 27.2 Å². The van der Waals surface area contributed by atoms with Crippen molar-refractivity contribution in [1.29, 1.82) is 0 Å². The largest absolute Gasteiger partial charge is 0.354 e. The molecule has 13 nitrogen and oxygen atoms in total. The van der Waals surface area contributed by atoms with Gasteiger partial charge in [-0.1, -0.05) is 7.43 Å². The molecule has 0 saturated carbocycles. The van der Waals surface area contributed by atoms with Crippen LogP contribution in [-0.4, -0.2) is 104 Å². The van der Waals surface area contributed by atoms with E-state index in [2.05, 4.69) is 47.4 Å². The van der Waals surface area contributed by atoms with Crippen LogP contribution in [0.3, 0.4) is 0 Å². The Labute approximate surface area is 239 Å². The molecule has 2 aliphatic heterocycles. The zero-order valence-corrected chi connectivity index (χ0v) is 22.7. The average molecular weight is 560 g/mol. The molecule has 1 aromatic carbocycles. The molecule has 6 rings (SSSR count). The Balaban J connectivity index is 0.00000337. The zero-order valence-electron chi connectivity index (χ0n) is 22.7. The van der Waals surface area contributed by atoms with Crippen LogP contribution in [0.4, 0.5) is 16.6 Å². The Hall–Kier alpha value is -4.52. The zero-order chi connectivity index (χ0) is 27.6. The summed E-state index contributed by atoms with van der Waals surface area (Å²) in [5, 5.41) is 5.47. The van der Waals surface area contributed by atoms with Crippen LogP contribution in [-0.2, 0) is 0 Å². The van der Waals surface area contributed by atoms with E-state index in [1.54, 1.807) is 18.9 Å². The van der Waals surface area contributed by atoms with Gasteiger partial charge in [-0.15, -0.1) is 0 Å². The molecule has 41 heavy (non-hydrogen) atoms. The highest BCUT2D eigenvalue weighted by molar-refractivity contribution is 5.97. The van der Waals surface area contributed by atoms with E-state index >= 15 is 0 Å². The summed E-state index contributed by atoms with van der Waals surface area (Å²) in [4.78, 5) is 53.0. The van der Waals surface area contributed by atoms with Gasteiger partial charge >= 0.3 is 6.03 Å². The highest BCUT2D eigenvalue weighted by Gasteiger charge is 2.23. The van der Waals surface area contributed by atoms with Gasteiger partial charge < -0.3 is 29.6 Å². The minimum absolute atomic E-state index is 0. The highest BCUT2D eigenvalue weighted by atomic mass is 16.2. The predicted octanol–water partition coefficient (Wildman–Crippen LogP) is 2.97. The number of anilines is 2. The van der Waals surface area contributed by atoms with Crippen molar-refractivity contribution in [1.82, 2.24) is 44.6 Å². The number of rotatable bonds is 6. The van der Waals surface area contributed by atoms with Crippen LogP contribution < -0.4 is 15.5 Å². The van der Waals surface area contributed by atoms with Gasteiger partial charge in [-0.2, -0.15) is 0 Å². The monoisotopic (exact) mass is 559 g/mol. The Morgan fingerprint density at radius 3 is 2.54 bits per heavy atom. The van der Waals surface area contributed by atoms with Crippen molar-refractivity contribution in [2.75, 3.05) is 63.1 Å². The summed E-state index contributed by atoms with van der Waals surface area (Å²) in [6, 6.07) is 5.53. The van der Waals surface area contributed by atoms with Gasteiger partial charge in [0.25, 0.3) is 5.91 Å². The molecule has 0 radical (unpaired) electrons. The molecule has 0 unspecified atom stereocenters. The SMILES string of the molecule is C.CCNC(=O)Nc1nc2c(-c3cc(N4CCN(C)CC4)ncn3)cc(-n3cnc(C(=O)N4CCCC4)c3)cc2[nH]1. The maximum atomic E-state index is 12.9. The second-order valence-electron chi connectivity index (χ2n) is 10.2. The molecule has 0 atom stereocenters. The van der Waals surface area contributed by atoms with E-state index in [-0.39, 0.29) is 19.4 Å². The summed E-state index contributed by atoms with van der Waals surface area (Å²) in [6.07, 6.45) is 7.02. The van der Waals surface area contributed by atoms with Crippen LogP contribution in [0.25, 0.3) is 28.0 Å². The molecule has 0 aliphatic carbocycles. The molecule has 5 heterocycles. The number of piperazine rings is 1. The summed E-state index contributed by atoms with van der Waals surface area (Å²) < 4.78 is 1.83. The molecule has 4 aromatic rings. The van der Waals surface area contributed by atoms with E-state index in [1.165, 1.54) is 0 Å². The smallest absolute Gasteiger partial charge is 0.321 e. The molecule has 0 spiro atoms. The van der Waals surface area contributed by atoms with Crippen molar-refractivity contribution in [3.63, 3.8) is 0 Å². The van der Waals surface area contributed by atoms with Gasteiger partial charge in [0.05, 0.1) is 11.2 Å². The topological polar surface area (TPSA) is 140 Å². The number of benzene rings is 1. The second kappa shape index (κ2) is 11.9. The number of carbonyl (C=O) groups is 2. The Bertz CT molecular complexity index is 1530. The van der Waals surface area contributed by atoms with Gasteiger partial charge in [0, 0.05) is 69.3 Å². The second-order valence-corrected chi connectivity index (χ2v) is 10.2. The third-order valence-corrected chi connectivity index (χ3v) is 7.39. The number of aromatic nitrogens is 6. The van der Waals surface area contributed by atoms with E-state index in [0.29, 0.717) is 34.9 Å². The maximum absolute atomic E-state index is 12.9. The van der Waals surface area contributed by atoms with Gasteiger partial charge in [-0.3, -0.25) is 10.1 Å². The molecule has 3 aromatic heterocycles. The fraction of sp³-hybridized carbons (Fsp3) is 0.429. The first-order valence-corrected chi connectivity index (χ1v) is 13.7. The quantitative estimate of drug-likeness (QED) is 0.328. The third-order valence-electron chi connectivity index (χ3n) is 7.39. The summed E-state index contributed by atoms with van der Waals surface area (Å²) in [5.74, 6) is 1.12. The van der Waals surface area contributed by atoms with E-state index in [1.807, 2.05) is 34.6 Å². The number of hydrogen-bond acceptors (Lipinski definition) is 8. The Kier molecular flexibility index (Phi) is 8.15. The van der Waals surface area contributed by atoms with Crippen molar-refractivity contribution in [2.24, 2.45) is 0 Å². The van der Waals surface area contributed by atoms with E-state index in [0.717, 1.165) is 69.2 Å². The van der Waals surface area contributed by atoms with E-state index in [4.69, 9.17) is 4.98 Å². The molecular formula is C28H37N11O2. The normalized spacial score (nSPS) is 15.7. The first kappa shape index (κ1) is 28.0. The number of imidazole rings is 2. The fourth-order valence-electron chi connectivity index (χ4n) is 5.18. The first-order chi connectivity index (χ1) is 19.5. The lowest BCUT2D eigenvalue weighted by atomic mass is 10.1. The van der Waals surface area contributed by atoms with Gasteiger partial charge in [0.15, 0.2) is 0 Å². The number of hydrogen-bond donors (Lipinski definition) is 3. The lowest BCUT2D eigenvalue weighted by Gasteiger charge is -2.33. The number of nitrogens with one attached hydrogen (secondary N) is 3. The average Bonchev–Trinajstić information content (AvgIpc) is 3.74. The standard InChI is InChI=1S/C27H33N11O2.CH4/c1-3-28-27(40)34-26-32-21-13-18(38-15-22(31-17-38)25(39)37-6-4-5-7-37)12-19(24(21)33-26)20-14-23(30-16-29-20)36-10-8-35(2)9-11-36;/h12-17H,3-11H2,1-2H3,(H3,28,32,33,34,40);1H4. The van der Waals surface area contributed by atoms with Crippen LogP contribution in [0.2, 0.25) is 0 Å². The van der Waals surface area contributed by atoms with Crippen LogP contribution in [0.5, 0.6) is 0 Å². The van der Waals surface area contributed by atoms with Gasteiger partial charge in [0.1, 0.15) is 29.7 Å². The van der Waals surface area contributed by atoms with Crippen LogP contribution >= 0.6 is 0 Å². The molecule has 0 bridgehead atoms. The molecule has 2 saturated heterocycles. The van der Waals surface area contributed by atoms with Crippen molar-refractivity contribution < 1.29 is 9.59 Å². The summed E-state index contributed by atoms with van der Waals surface area (Å²) in [5.41, 5.74) is 4.04. The third kappa shape index (κ3) is 5.85. The number of likely N-dealkylation sites (N-methyl/N-ethyl adjacent to an activating group) is 1. The van der Waals surface area contributed by atoms with E-state index in [9.17, 15) is 9.59 Å². The summed E-state index contributed by atoms with van der Waals surface area (Å²) in [7, 11) is 2.12. The minimum atomic E-state index is -0.345. The van der Waals surface area contributed by atoms with Crippen molar-refractivity contribution >= 4 is 34.7 Å². The van der Waals surface area contributed by atoms with Gasteiger partial charge in [-0.25, -0.2) is 24.7 Å². The lowest BCUT2D eigenvalue weighted by Crippen LogP contribution is -2.44. The number of H-pyrrole nitrogens is 1. The Morgan fingerprint density at radius 2 is 1.78 bits per heavy atom. The molecular weight excluding hydrogens is 522 g/mol. The van der Waals surface area contributed by atoms with Crippen LogP contribution in [0.1, 0.15) is 37.7 Å². The number of aromatic amines is 1. The number of carbonyl (C=O) groups excluding carboxylic acids is 2. The number of fused-ring (bicyclic) bond motifs is 1. The van der Waals surface area contributed by atoms with E-state index < -0.39 is 0 Å². The van der Waals surface area contributed by atoms with Crippen LogP contribution in [0, 0.1) is 0 Å². The van der Waals surface area contributed by atoms with Gasteiger partial charge in [0.2, 0.25) is 5.95 Å². The number of nitrogens with zero attached hydrogens (tertiary/aromatic N) is 8. The lowest BCUT2D eigenvalue weighted by molar-refractivity contribution is 0.0787. The highest BCUT2D eigenvalue weighted by Crippen LogP contribution is 2.32. The number of amides is 3. The first-order valence-electron chi connectivity index (χ1n) is 13.7. The summed E-state index contributed by atoms with van der Waals surface area (Å²) in [6.45, 7) is 7.57. The molecule has 3 amide bonds. The minimum Gasteiger partial charge on any atom is -0.354 e. The van der Waals surface area contributed by atoms with Crippen molar-refractivity contribution in [3.05, 3.63) is 42.7 Å².